The smallest absolute Gasteiger partial charge is 0.333 e. The Morgan fingerprint density at radius 1 is 1.02 bits per heavy atom. The summed E-state index contributed by atoms with van der Waals surface area (Å²) in [5.74, 6) is -4.67. The molecule has 13 nitrogen and oxygen atoms in total. The second kappa shape index (κ2) is 13.8. The summed E-state index contributed by atoms with van der Waals surface area (Å²) in [5.41, 5.74) is 6.90. The monoisotopic (exact) mass is 628 g/mol. The van der Waals surface area contributed by atoms with Crippen LogP contribution in [0.1, 0.15) is 57.6 Å². The third-order valence-corrected chi connectivity index (χ3v) is 8.61. The van der Waals surface area contributed by atoms with Crippen LogP contribution in [0.25, 0.3) is 0 Å². The number of carbonyl (C=O) groups is 6. The first-order chi connectivity index (χ1) is 21.2. The van der Waals surface area contributed by atoms with Gasteiger partial charge in [0.2, 0.25) is 23.6 Å². The number of aryl methyl sites for hydroxylation is 1. The number of nitrogens with one attached hydrogen (secondary N) is 2. The molecule has 244 valence electrons. The van der Waals surface area contributed by atoms with Crippen molar-refractivity contribution >= 4 is 35.5 Å². The normalized spacial score (nSPS) is 27.6. The van der Waals surface area contributed by atoms with Crippen LogP contribution in [0, 0.1) is 12.7 Å². The molecule has 2 saturated heterocycles. The molecule has 5 atom stereocenters. The number of amides is 5. The molecular formula is C31H41FN6O7. The lowest BCUT2D eigenvalue weighted by Gasteiger charge is -2.33. The molecule has 0 saturated carbocycles. The van der Waals surface area contributed by atoms with Gasteiger partial charge in [0.15, 0.2) is 0 Å². The molecule has 1 unspecified atom stereocenters. The van der Waals surface area contributed by atoms with Crippen LogP contribution in [-0.2, 0) is 39.9 Å². The number of nitrogens with two attached hydrogens (primary N) is 1. The van der Waals surface area contributed by atoms with Crippen LogP contribution in [0.15, 0.2) is 29.7 Å². The highest BCUT2D eigenvalue weighted by atomic mass is 19.1. The van der Waals surface area contributed by atoms with Gasteiger partial charge in [0.1, 0.15) is 41.4 Å². The van der Waals surface area contributed by atoms with Crippen molar-refractivity contribution in [2.75, 3.05) is 20.1 Å². The quantitative estimate of drug-likeness (QED) is 0.398. The van der Waals surface area contributed by atoms with Crippen LogP contribution in [-0.4, -0.2) is 101 Å². The second-order valence-electron chi connectivity index (χ2n) is 12.0. The lowest BCUT2D eigenvalue weighted by molar-refractivity contribution is -0.152. The Morgan fingerprint density at radius 2 is 1.67 bits per heavy atom. The standard InChI is InChI=1S/C31H41FN6O7/c1-16-12-20(14-21(32)13-16)15-22(33)27(40)35-25-19(4)45-31(44)24-9-7-11-38(24)28(41)17(2)34-26(39)18(3)36(5)29(42)23-8-6-10-37(23)30(25)43/h12-14,17-18,22-24H,6-11,15,33H2,1-5H3,(H,34,39)(H,35,40)/b25-19+/t17-,18-,22-,23-,24?/m0/s1. The number of ether oxygens (including phenoxy) is 1. The number of esters is 1. The predicted molar refractivity (Wildman–Crippen MR) is 159 cm³/mol. The Bertz CT molecular complexity index is 1410. The minimum atomic E-state index is -1.21. The number of allylic oxidation sites excluding steroid dienone is 1. The fourth-order valence-corrected chi connectivity index (χ4v) is 5.99. The zero-order valence-electron chi connectivity index (χ0n) is 26.2. The van der Waals surface area contributed by atoms with Gasteiger partial charge in [-0.25, -0.2) is 9.18 Å². The molecule has 0 bridgehead atoms. The zero-order valence-corrected chi connectivity index (χ0v) is 26.2. The fraction of sp³-hybridized carbons (Fsp3) is 0.548. The second-order valence-corrected chi connectivity index (χ2v) is 12.0. The van der Waals surface area contributed by atoms with Gasteiger partial charge in [-0.2, -0.15) is 0 Å². The number of cyclic esters (lactones) is 1. The topological polar surface area (TPSA) is 171 Å². The summed E-state index contributed by atoms with van der Waals surface area (Å²) < 4.78 is 19.6. The van der Waals surface area contributed by atoms with Gasteiger partial charge in [-0.3, -0.25) is 24.0 Å². The van der Waals surface area contributed by atoms with E-state index in [4.69, 9.17) is 10.5 Å². The lowest BCUT2D eigenvalue weighted by atomic mass is 10.0. The van der Waals surface area contributed by atoms with Gasteiger partial charge in [-0.1, -0.05) is 6.07 Å². The Labute approximate surface area is 261 Å². The van der Waals surface area contributed by atoms with Crippen molar-refractivity contribution in [3.05, 3.63) is 46.6 Å². The Morgan fingerprint density at radius 3 is 2.33 bits per heavy atom. The Kier molecular flexibility index (Phi) is 10.3. The molecule has 3 heterocycles. The number of fused-ring (bicyclic) bond motifs is 2. The highest BCUT2D eigenvalue weighted by Gasteiger charge is 2.42. The molecule has 45 heavy (non-hydrogen) atoms. The van der Waals surface area contributed by atoms with Crippen molar-refractivity contribution in [3.63, 3.8) is 0 Å². The molecule has 1 aromatic rings. The van der Waals surface area contributed by atoms with Crippen LogP contribution < -0.4 is 16.4 Å². The summed E-state index contributed by atoms with van der Waals surface area (Å²) in [7, 11) is 1.44. The van der Waals surface area contributed by atoms with Crippen molar-refractivity contribution in [2.45, 2.75) is 90.0 Å². The first kappa shape index (κ1) is 33.6. The van der Waals surface area contributed by atoms with Gasteiger partial charge < -0.3 is 35.8 Å². The van der Waals surface area contributed by atoms with Gasteiger partial charge >= 0.3 is 5.97 Å². The van der Waals surface area contributed by atoms with E-state index in [9.17, 15) is 33.2 Å². The maximum atomic E-state index is 14.0. The fourth-order valence-electron chi connectivity index (χ4n) is 5.99. The molecule has 2 fully saturated rings. The summed E-state index contributed by atoms with van der Waals surface area (Å²) in [4.78, 5) is 84.4. The molecule has 0 aliphatic carbocycles. The minimum Gasteiger partial charge on any atom is -0.427 e. The highest BCUT2D eigenvalue weighted by molar-refractivity contribution is 6.02. The molecule has 0 radical (unpaired) electrons. The number of hydrogen-bond donors (Lipinski definition) is 3. The van der Waals surface area contributed by atoms with Gasteiger partial charge in [0.25, 0.3) is 5.91 Å². The van der Waals surface area contributed by atoms with Crippen molar-refractivity contribution < 1.29 is 37.9 Å². The maximum Gasteiger partial charge on any atom is 0.333 e. The average molecular weight is 629 g/mol. The number of hydrogen-bond acceptors (Lipinski definition) is 8. The average Bonchev–Trinajstić information content (AvgIpc) is 3.67. The third-order valence-electron chi connectivity index (χ3n) is 8.61. The van der Waals surface area contributed by atoms with Crippen LogP contribution >= 0.6 is 0 Å². The summed E-state index contributed by atoms with van der Waals surface area (Å²) in [6.45, 7) is 6.48. The van der Waals surface area contributed by atoms with Gasteiger partial charge in [0.05, 0.1) is 6.04 Å². The van der Waals surface area contributed by atoms with Gasteiger partial charge in [-0.15, -0.1) is 0 Å². The van der Waals surface area contributed by atoms with E-state index >= 15 is 0 Å². The molecule has 14 heteroatoms. The van der Waals surface area contributed by atoms with Crippen LogP contribution in [0.3, 0.4) is 0 Å². The highest BCUT2D eigenvalue weighted by Crippen LogP contribution is 2.25. The van der Waals surface area contributed by atoms with E-state index in [0.29, 0.717) is 36.8 Å². The van der Waals surface area contributed by atoms with E-state index in [1.54, 1.807) is 13.0 Å². The van der Waals surface area contributed by atoms with Crippen molar-refractivity contribution in [1.29, 1.82) is 0 Å². The Balaban J connectivity index is 1.70. The summed E-state index contributed by atoms with van der Waals surface area (Å²) in [6.07, 6.45) is 1.53. The number of likely N-dealkylation sites (N-methyl/N-ethyl adjacent to an activating group) is 1. The van der Waals surface area contributed by atoms with E-state index in [2.05, 4.69) is 10.6 Å². The zero-order chi connectivity index (χ0) is 33.2. The molecule has 0 spiro atoms. The molecular weight excluding hydrogens is 587 g/mol. The van der Waals surface area contributed by atoms with Crippen LogP contribution in [0.2, 0.25) is 0 Å². The SMILES string of the molecule is C/C1=C(\NC(=O)[C@@H](N)Cc2cc(C)cc(F)c2)C(=O)N2CCC[C@H]2C(=O)N(C)[C@@H](C)C(=O)N[C@@H](C)C(=O)N2CCCC2C(=O)O1. The lowest BCUT2D eigenvalue weighted by Crippen LogP contribution is -2.57. The number of halogens is 1. The number of benzene rings is 1. The van der Waals surface area contributed by atoms with Crippen LogP contribution in [0.5, 0.6) is 0 Å². The van der Waals surface area contributed by atoms with Crippen molar-refractivity contribution in [3.8, 4) is 0 Å². The molecule has 0 aromatic heterocycles. The predicted octanol–water partition coefficient (Wildman–Crippen LogP) is 0.242. The summed E-state index contributed by atoms with van der Waals surface area (Å²) >= 11 is 0. The van der Waals surface area contributed by atoms with Gasteiger partial charge in [0, 0.05) is 20.1 Å². The maximum absolute atomic E-state index is 14.0. The molecule has 3 aliphatic rings. The molecule has 3 aliphatic heterocycles. The van der Waals surface area contributed by atoms with Crippen molar-refractivity contribution in [1.82, 2.24) is 25.3 Å². The van der Waals surface area contributed by atoms with Crippen molar-refractivity contribution in [2.24, 2.45) is 5.73 Å². The van der Waals surface area contributed by atoms with Crippen LogP contribution in [0.4, 0.5) is 4.39 Å². The van der Waals surface area contributed by atoms with E-state index in [1.165, 1.54) is 54.7 Å². The first-order valence-corrected chi connectivity index (χ1v) is 15.1. The summed E-state index contributed by atoms with van der Waals surface area (Å²) in [5, 5.41) is 5.14. The molecule has 1 aromatic carbocycles. The van der Waals surface area contributed by atoms with E-state index in [0.717, 1.165) is 0 Å². The minimum absolute atomic E-state index is 0.0440. The van der Waals surface area contributed by atoms with E-state index in [-0.39, 0.29) is 31.0 Å². The molecule has 4 rings (SSSR count). The number of rotatable bonds is 4. The van der Waals surface area contributed by atoms with E-state index < -0.39 is 71.5 Å². The van der Waals surface area contributed by atoms with Gasteiger partial charge in [-0.05, 0) is 83.1 Å². The number of carbonyl (C=O) groups excluding carboxylic acids is 6. The first-order valence-electron chi connectivity index (χ1n) is 15.1. The van der Waals surface area contributed by atoms with E-state index in [1.807, 2.05) is 0 Å². The molecule has 5 amide bonds. The number of nitrogens with zero attached hydrogens (tertiary/aromatic N) is 3. The largest absolute Gasteiger partial charge is 0.427 e. The molecule has 4 N–H and O–H groups in total. The summed E-state index contributed by atoms with van der Waals surface area (Å²) in [6, 6.07) is -0.817. The third kappa shape index (κ3) is 7.32. The Hall–Kier alpha value is -4.33.